The molecule has 2 N–H and O–H groups in total. The molecule has 8 heteroatoms. The van der Waals surface area contributed by atoms with E-state index >= 15 is 0 Å². The molecule has 2 amide bonds. The van der Waals surface area contributed by atoms with Crippen molar-refractivity contribution in [3.8, 4) is 0 Å². The molecular weight excluding hydrogens is 332 g/mol. The average Bonchev–Trinajstić information content (AvgIpc) is 3.17. The average molecular weight is 350 g/mol. The van der Waals surface area contributed by atoms with Crippen LogP contribution in [0.3, 0.4) is 0 Å². The van der Waals surface area contributed by atoms with E-state index in [1.54, 1.807) is 54.6 Å². The number of hydrogen-bond acceptors (Lipinski definition) is 5. The third-order valence-corrected chi connectivity index (χ3v) is 3.82. The second-order valence-corrected chi connectivity index (χ2v) is 5.68. The fraction of sp³-hybridized carbons (Fsp3) is 0.167. The van der Waals surface area contributed by atoms with Crippen molar-refractivity contribution in [3.05, 3.63) is 72.6 Å². The maximum Gasteiger partial charge on any atom is 0.313 e. The molecule has 0 radical (unpaired) electrons. The molecule has 0 aliphatic heterocycles. The Kier molecular flexibility index (Phi) is 5.33. The lowest BCUT2D eigenvalue weighted by molar-refractivity contribution is -0.136. The van der Waals surface area contributed by atoms with Crippen LogP contribution in [-0.2, 0) is 16.1 Å². The van der Waals surface area contributed by atoms with Crippen molar-refractivity contribution in [2.45, 2.75) is 19.5 Å². The van der Waals surface area contributed by atoms with Crippen LogP contribution in [0.4, 0.5) is 5.69 Å². The first-order valence-electron chi connectivity index (χ1n) is 8.05. The summed E-state index contributed by atoms with van der Waals surface area (Å²) in [6.45, 7) is 2.24. The number of aromatic nitrogens is 4. The maximum absolute atomic E-state index is 12.3. The van der Waals surface area contributed by atoms with E-state index in [1.165, 1.54) is 6.33 Å². The van der Waals surface area contributed by atoms with Crippen molar-refractivity contribution in [1.82, 2.24) is 25.1 Å². The van der Waals surface area contributed by atoms with Gasteiger partial charge in [0.1, 0.15) is 12.7 Å². The minimum atomic E-state index is -0.725. The van der Waals surface area contributed by atoms with Crippen molar-refractivity contribution in [2.75, 3.05) is 5.32 Å². The number of carbonyl (C=O) groups is 2. The topological polar surface area (TPSA) is 102 Å². The number of rotatable bonds is 5. The summed E-state index contributed by atoms with van der Waals surface area (Å²) in [6, 6.07) is 10.5. The van der Waals surface area contributed by atoms with Gasteiger partial charge < -0.3 is 10.6 Å². The lowest BCUT2D eigenvalue weighted by Gasteiger charge is -2.15. The Hall–Kier alpha value is -3.55. The molecule has 2 aromatic heterocycles. The van der Waals surface area contributed by atoms with Crippen molar-refractivity contribution in [3.63, 3.8) is 0 Å². The quantitative estimate of drug-likeness (QED) is 0.680. The van der Waals surface area contributed by atoms with Gasteiger partial charge in [-0.15, -0.1) is 0 Å². The van der Waals surface area contributed by atoms with Crippen molar-refractivity contribution < 1.29 is 9.59 Å². The fourth-order valence-electron chi connectivity index (χ4n) is 2.45. The Morgan fingerprint density at radius 2 is 1.85 bits per heavy atom. The van der Waals surface area contributed by atoms with E-state index in [4.69, 9.17) is 0 Å². The van der Waals surface area contributed by atoms with Crippen molar-refractivity contribution in [2.24, 2.45) is 0 Å². The third-order valence-electron chi connectivity index (χ3n) is 3.82. The number of nitrogens with zero attached hydrogens (tertiary/aromatic N) is 4. The van der Waals surface area contributed by atoms with Crippen LogP contribution in [0.25, 0.3) is 0 Å². The van der Waals surface area contributed by atoms with E-state index < -0.39 is 11.8 Å². The van der Waals surface area contributed by atoms with E-state index in [9.17, 15) is 9.59 Å². The summed E-state index contributed by atoms with van der Waals surface area (Å²) in [5.74, 6) is -1.43. The first kappa shape index (κ1) is 17.3. The largest absolute Gasteiger partial charge is 0.341 e. The molecule has 0 aliphatic carbocycles. The highest BCUT2D eigenvalue weighted by atomic mass is 16.2. The molecular formula is C18H18N6O2. The molecule has 2 heterocycles. The van der Waals surface area contributed by atoms with Gasteiger partial charge in [-0.05, 0) is 36.2 Å². The van der Waals surface area contributed by atoms with E-state index in [0.29, 0.717) is 12.2 Å². The number of anilines is 1. The summed E-state index contributed by atoms with van der Waals surface area (Å²) in [4.78, 5) is 32.3. The Morgan fingerprint density at radius 1 is 1.08 bits per heavy atom. The molecule has 0 saturated heterocycles. The Morgan fingerprint density at radius 3 is 2.58 bits per heavy atom. The minimum absolute atomic E-state index is 0.304. The second kappa shape index (κ2) is 8.02. The summed E-state index contributed by atoms with van der Waals surface area (Å²) in [7, 11) is 0. The van der Waals surface area contributed by atoms with Crippen molar-refractivity contribution in [1.29, 1.82) is 0 Å². The van der Waals surface area contributed by atoms with E-state index in [2.05, 4.69) is 25.7 Å². The SMILES string of the molecule is CC(NC(=O)C(=O)Nc1ccccc1Cn1cncn1)c1ccncc1. The van der Waals surface area contributed by atoms with Gasteiger partial charge in [-0.3, -0.25) is 14.6 Å². The zero-order chi connectivity index (χ0) is 18.4. The molecule has 0 aliphatic rings. The minimum Gasteiger partial charge on any atom is -0.341 e. The zero-order valence-corrected chi connectivity index (χ0v) is 14.2. The number of hydrogen-bond donors (Lipinski definition) is 2. The molecule has 0 fully saturated rings. The number of benzene rings is 1. The van der Waals surface area contributed by atoms with E-state index in [-0.39, 0.29) is 6.04 Å². The second-order valence-electron chi connectivity index (χ2n) is 5.68. The lowest BCUT2D eigenvalue weighted by atomic mass is 10.1. The van der Waals surface area contributed by atoms with Crippen LogP contribution in [-0.4, -0.2) is 31.6 Å². The highest BCUT2D eigenvalue weighted by Crippen LogP contribution is 2.16. The smallest absolute Gasteiger partial charge is 0.313 e. The number of amides is 2. The lowest BCUT2D eigenvalue weighted by Crippen LogP contribution is -2.37. The molecule has 0 saturated carbocycles. The number of carbonyl (C=O) groups excluding carboxylic acids is 2. The molecule has 3 aromatic rings. The number of pyridine rings is 1. The molecule has 8 nitrogen and oxygen atoms in total. The van der Waals surface area contributed by atoms with Crippen LogP contribution >= 0.6 is 0 Å². The first-order valence-corrected chi connectivity index (χ1v) is 8.05. The zero-order valence-electron chi connectivity index (χ0n) is 14.2. The van der Waals surface area contributed by atoms with Gasteiger partial charge >= 0.3 is 11.8 Å². The molecule has 1 aromatic carbocycles. The van der Waals surface area contributed by atoms with Gasteiger partial charge in [0.15, 0.2) is 0 Å². The first-order chi connectivity index (χ1) is 12.6. The molecule has 26 heavy (non-hydrogen) atoms. The third kappa shape index (κ3) is 4.29. The fourth-order valence-corrected chi connectivity index (χ4v) is 2.45. The number of para-hydroxylation sites is 1. The summed E-state index contributed by atoms with van der Waals surface area (Å²) in [6.07, 6.45) is 6.30. The summed E-state index contributed by atoms with van der Waals surface area (Å²) < 4.78 is 1.64. The summed E-state index contributed by atoms with van der Waals surface area (Å²) in [5.41, 5.74) is 2.24. The molecule has 132 valence electrons. The van der Waals surface area contributed by atoms with Gasteiger partial charge in [0.05, 0.1) is 12.6 Å². The van der Waals surface area contributed by atoms with Crippen LogP contribution in [0.5, 0.6) is 0 Å². The van der Waals surface area contributed by atoms with Crippen molar-refractivity contribution >= 4 is 17.5 Å². The molecule has 1 unspecified atom stereocenters. The van der Waals surface area contributed by atoms with E-state index in [0.717, 1.165) is 11.1 Å². The molecule has 0 bridgehead atoms. The van der Waals surface area contributed by atoms with Gasteiger partial charge in [0.25, 0.3) is 0 Å². The predicted octanol–water partition coefficient (Wildman–Crippen LogP) is 1.54. The normalized spacial score (nSPS) is 11.6. The standard InChI is InChI=1S/C18H18N6O2/c1-13(14-6-8-19-9-7-14)22-17(25)18(26)23-16-5-3-2-4-15(16)10-24-12-20-11-21-24/h2-9,11-13H,10H2,1H3,(H,22,25)(H,23,26). The highest BCUT2D eigenvalue weighted by molar-refractivity contribution is 6.39. The maximum atomic E-state index is 12.3. The molecule has 3 rings (SSSR count). The monoisotopic (exact) mass is 350 g/mol. The summed E-state index contributed by atoms with van der Waals surface area (Å²) >= 11 is 0. The molecule has 0 spiro atoms. The van der Waals surface area contributed by atoms with E-state index in [1.807, 2.05) is 12.1 Å². The Balaban J connectivity index is 1.65. The Bertz CT molecular complexity index is 880. The van der Waals surface area contributed by atoms with Gasteiger partial charge in [-0.1, -0.05) is 18.2 Å². The van der Waals surface area contributed by atoms with Crippen LogP contribution in [0.15, 0.2) is 61.4 Å². The number of nitrogens with one attached hydrogen (secondary N) is 2. The Labute approximate surface area is 150 Å². The van der Waals surface area contributed by atoms with Crippen LogP contribution < -0.4 is 10.6 Å². The van der Waals surface area contributed by atoms with Gasteiger partial charge in [0, 0.05) is 18.1 Å². The predicted molar refractivity (Wildman–Crippen MR) is 95.0 cm³/mol. The van der Waals surface area contributed by atoms with Gasteiger partial charge in [0.2, 0.25) is 0 Å². The van der Waals surface area contributed by atoms with Crippen LogP contribution in [0, 0.1) is 0 Å². The van der Waals surface area contributed by atoms with Gasteiger partial charge in [-0.2, -0.15) is 5.10 Å². The van der Waals surface area contributed by atoms with Crippen LogP contribution in [0.2, 0.25) is 0 Å². The molecule has 1 atom stereocenters. The van der Waals surface area contributed by atoms with Crippen LogP contribution in [0.1, 0.15) is 24.1 Å². The highest BCUT2D eigenvalue weighted by Gasteiger charge is 2.18. The summed E-state index contributed by atoms with van der Waals surface area (Å²) in [5, 5.41) is 9.38. The van der Waals surface area contributed by atoms with Gasteiger partial charge in [-0.25, -0.2) is 9.67 Å².